The molecule has 104 valence electrons. The number of carbonyl (C=O) groups excluding carboxylic acids is 1. The molecule has 0 bridgehead atoms. The number of ether oxygens (including phenoxy) is 1. The molecule has 0 atom stereocenters. The molecule has 0 saturated carbocycles. The first-order valence-corrected chi connectivity index (χ1v) is 5.92. The van der Waals surface area contributed by atoms with Crippen molar-refractivity contribution in [3.8, 4) is 0 Å². The summed E-state index contributed by atoms with van der Waals surface area (Å²) in [6, 6.07) is 9.81. The largest absolute Gasteiger partial charge is 0.480 e. The molecule has 0 aliphatic heterocycles. The van der Waals surface area contributed by atoms with Gasteiger partial charge in [-0.3, -0.25) is 4.79 Å². The van der Waals surface area contributed by atoms with Crippen molar-refractivity contribution in [2.45, 2.75) is 0 Å². The van der Waals surface area contributed by atoms with E-state index in [9.17, 15) is 9.59 Å². The lowest BCUT2D eigenvalue weighted by Crippen LogP contribution is -2.35. The Morgan fingerprint density at radius 2 is 1.95 bits per heavy atom. The van der Waals surface area contributed by atoms with Gasteiger partial charge < -0.3 is 20.1 Å². The number of rotatable bonds is 8. The fraction of sp³-hybridized carbons (Fsp3) is 0.385. The minimum Gasteiger partial charge on any atom is -0.480 e. The molecule has 19 heavy (non-hydrogen) atoms. The molecule has 6 heteroatoms. The van der Waals surface area contributed by atoms with Gasteiger partial charge in [0.1, 0.15) is 13.2 Å². The lowest BCUT2D eigenvalue weighted by atomic mass is 10.3. The number of carboxylic acids is 1. The highest BCUT2D eigenvalue weighted by molar-refractivity contribution is 5.77. The van der Waals surface area contributed by atoms with Crippen LogP contribution in [0.25, 0.3) is 0 Å². The van der Waals surface area contributed by atoms with Crippen LogP contribution < -0.4 is 10.2 Å². The van der Waals surface area contributed by atoms with E-state index in [0.29, 0.717) is 13.1 Å². The van der Waals surface area contributed by atoms with Crippen molar-refractivity contribution in [3.05, 3.63) is 30.3 Å². The lowest BCUT2D eigenvalue weighted by Gasteiger charge is -2.19. The summed E-state index contributed by atoms with van der Waals surface area (Å²) in [4.78, 5) is 23.5. The van der Waals surface area contributed by atoms with E-state index in [1.165, 1.54) is 0 Å². The summed E-state index contributed by atoms with van der Waals surface area (Å²) in [6.45, 7) is 0.439. The third-order valence-corrected chi connectivity index (χ3v) is 2.43. The van der Waals surface area contributed by atoms with Crippen LogP contribution in [0.5, 0.6) is 0 Å². The standard InChI is InChI=1S/C13H18N2O4/c1-15(11-5-3-2-4-6-11)8-7-14-12(16)9-19-10-13(17)18/h2-6H,7-10H2,1H3,(H,14,16)(H,17,18). The Morgan fingerprint density at radius 3 is 2.58 bits per heavy atom. The number of aliphatic carboxylic acids is 1. The molecule has 0 spiro atoms. The third kappa shape index (κ3) is 6.42. The van der Waals surface area contributed by atoms with Gasteiger partial charge in [0.05, 0.1) is 0 Å². The Labute approximate surface area is 112 Å². The van der Waals surface area contributed by atoms with Crippen LogP contribution in [0, 0.1) is 0 Å². The van der Waals surface area contributed by atoms with Crippen molar-refractivity contribution in [2.24, 2.45) is 0 Å². The zero-order chi connectivity index (χ0) is 14.1. The minimum absolute atomic E-state index is 0.235. The normalized spacial score (nSPS) is 9.95. The fourth-order valence-electron chi connectivity index (χ4n) is 1.46. The van der Waals surface area contributed by atoms with Crippen molar-refractivity contribution in [1.82, 2.24) is 5.32 Å². The second kappa shape index (κ2) is 8.10. The fourth-order valence-corrected chi connectivity index (χ4v) is 1.46. The van der Waals surface area contributed by atoms with Crippen LogP contribution >= 0.6 is 0 Å². The van der Waals surface area contributed by atoms with Crippen LogP contribution in [-0.4, -0.2) is 50.3 Å². The summed E-state index contributed by atoms with van der Waals surface area (Å²) in [6.07, 6.45) is 0. The van der Waals surface area contributed by atoms with E-state index in [1.54, 1.807) is 0 Å². The quantitative estimate of drug-likeness (QED) is 0.709. The van der Waals surface area contributed by atoms with Crippen LogP contribution in [0.15, 0.2) is 30.3 Å². The van der Waals surface area contributed by atoms with E-state index in [-0.39, 0.29) is 12.5 Å². The molecule has 0 saturated heterocycles. The summed E-state index contributed by atoms with van der Waals surface area (Å²) in [5.74, 6) is -1.40. The number of carboxylic acid groups (broad SMARTS) is 1. The van der Waals surface area contributed by atoms with Crippen LogP contribution in [-0.2, 0) is 14.3 Å². The van der Waals surface area contributed by atoms with Gasteiger partial charge in [0.2, 0.25) is 5.91 Å². The van der Waals surface area contributed by atoms with Crippen LogP contribution in [0.4, 0.5) is 5.69 Å². The zero-order valence-electron chi connectivity index (χ0n) is 10.8. The molecule has 1 aromatic rings. The van der Waals surface area contributed by atoms with Crippen molar-refractivity contribution in [3.63, 3.8) is 0 Å². The van der Waals surface area contributed by atoms with Gasteiger partial charge in [-0.05, 0) is 12.1 Å². The molecule has 0 radical (unpaired) electrons. The highest BCUT2D eigenvalue weighted by Crippen LogP contribution is 2.09. The van der Waals surface area contributed by atoms with Crippen molar-refractivity contribution >= 4 is 17.6 Å². The summed E-state index contributed by atoms with van der Waals surface area (Å²) < 4.78 is 4.67. The summed E-state index contributed by atoms with van der Waals surface area (Å²) >= 11 is 0. The smallest absolute Gasteiger partial charge is 0.329 e. The number of amides is 1. The molecule has 0 aliphatic rings. The number of para-hydroxylation sites is 1. The first-order valence-electron chi connectivity index (χ1n) is 5.92. The number of nitrogens with zero attached hydrogens (tertiary/aromatic N) is 1. The second-order valence-corrected chi connectivity index (χ2v) is 3.99. The van der Waals surface area contributed by atoms with Gasteiger partial charge in [-0.2, -0.15) is 0 Å². The Hall–Kier alpha value is -2.08. The van der Waals surface area contributed by atoms with E-state index in [0.717, 1.165) is 5.69 Å². The molecular formula is C13H18N2O4. The Balaban J connectivity index is 2.16. The number of nitrogens with one attached hydrogen (secondary N) is 1. The molecule has 2 N–H and O–H groups in total. The van der Waals surface area contributed by atoms with Gasteiger partial charge in [-0.15, -0.1) is 0 Å². The topological polar surface area (TPSA) is 78.9 Å². The second-order valence-electron chi connectivity index (χ2n) is 3.99. The van der Waals surface area contributed by atoms with Gasteiger partial charge in [0.15, 0.2) is 0 Å². The average molecular weight is 266 g/mol. The monoisotopic (exact) mass is 266 g/mol. The number of likely N-dealkylation sites (N-methyl/N-ethyl adjacent to an activating group) is 1. The first kappa shape index (κ1) is 15.0. The minimum atomic E-state index is -1.09. The Kier molecular flexibility index (Phi) is 6.38. The Bertz CT molecular complexity index is 408. The SMILES string of the molecule is CN(CCNC(=O)COCC(=O)O)c1ccccc1. The number of hydrogen-bond acceptors (Lipinski definition) is 4. The maximum Gasteiger partial charge on any atom is 0.329 e. The van der Waals surface area contributed by atoms with Gasteiger partial charge >= 0.3 is 5.97 Å². The summed E-state index contributed by atoms with van der Waals surface area (Å²) in [5, 5.41) is 11.0. The van der Waals surface area contributed by atoms with E-state index >= 15 is 0 Å². The highest BCUT2D eigenvalue weighted by atomic mass is 16.5. The lowest BCUT2D eigenvalue weighted by molar-refractivity contribution is -0.143. The Morgan fingerprint density at radius 1 is 1.26 bits per heavy atom. The van der Waals surface area contributed by atoms with Crippen molar-refractivity contribution in [2.75, 3.05) is 38.3 Å². The maximum absolute atomic E-state index is 11.3. The molecule has 0 aliphatic carbocycles. The average Bonchev–Trinajstić information content (AvgIpc) is 2.39. The van der Waals surface area contributed by atoms with Crippen molar-refractivity contribution in [1.29, 1.82) is 0 Å². The first-order chi connectivity index (χ1) is 9.09. The van der Waals surface area contributed by atoms with E-state index in [4.69, 9.17) is 5.11 Å². The van der Waals surface area contributed by atoms with Crippen molar-refractivity contribution < 1.29 is 19.4 Å². The predicted octanol–water partition coefficient (Wildman–Crippen LogP) is 0.340. The molecule has 1 amide bonds. The molecule has 1 aromatic carbocycles. The van der Waals surface area contributed by atoms with E-state index in [1.807, 2.05) is 42.3 Å². The molecule has 0 aromatic heterocycles. The van der Waals surface area contributed by atoms with E-state index < -0.39 is 12.6 Å². The van der Waals surface area contributed by atoms with Gasteiger partial charge in [-0.1, -0.05) is 18.2 Å². The molecule has 6 nitrogen and oxygen atoms in total. The van der Waals surface area contributed by atoms with E-state index in [2.05, 4.69) is 10.1 Å². The summed E-state index contributed by atoms with van der Waals surface area (Å²) in [5.41, 5.74) is 1.07. The molecule has 1 rings (SSSR count). The third-order valence-electron chi connectivity index (χ3n) is 2.43. The maximum atomic E-state index is 11.3. The number of hydrogen-bond donors (Lipinski definition) is 2. The van der Waals surface area contributed by atoms with Gasteiger partial charge in [0.25, 0.3) is 0 Å². The van der Waals surface area contributed by atoms with Gasteiger partial charge in [0, 0.05) is 25.8 Å². The highest BCUT2D eigenvalue weighted by Gasteiger charge is 2.04. The molecule has 0 unspecified atom stereocenters. The summed E-state index contributed by atoms with van der Waals surface area (Å²) in [7, 11) is 1.93. The van der Waals surface area contributed by atoms with Crippen LogP contribution in [0.1, 0.15) is 0 Å². The number of anilines is 1. The molecular weight excluding hydrogens is 248 g/mol. The zero-order valence-corrected chi connectivity index (χ0v) is 10.8. The molecule has 0 fully saturated rings. The number of benzene rings is 1. The predicted molar refractivity (Wildman–Crippen MR) is 71.2 cm³/mol. The number of carbonyl (C=O) groups is 2. The molecule has 0 heterocycles. The van der Waals surface area contributed by atoms with Gasteiger partial charge in [-0.25, -0.2) is 4.79 Å². The van der Waals surface area contributed by atoms with Crippen LogP contribution in [0.3, 0.4) is 0 Å². The van der Waals surface area contributed by atoms with Crippen LogP contribution in [0.2, 0.25) is 0 Å².